The number of aromatic hydroxyl groups is 2. The van der Waals surface area contributed by atoms with Crippen LogP contribution in [0.15, 0.2) is 15.0 Å². The minimum Gasteiger partial charge on any atom is -0.504 e. The highest BCUT2D eigenvalue weighted by Gasteiger charge is 2.74. The van der Waals surface area contributed by atoms with E-state index in [-0.39, 0.29) is 23.2 Å². The third kappa shape index (κ3) is 2.21. The van der Waals surface area contributed by atoms with Crippen molar-refractivity contribution in [3.8, 4) is 11.5 Å². The van der Waals surface area contributed by atoms with Gasteiger partial charge in [-0.25, -0.2) is 4.79 Å². The van der Waals surface area contributed by atoms with E-state index >= 15 is 0 Å². The van der Waals surface area contributed by atoms with E-state index in [1.807, 2.05) is 0 Å². The maximum absolute atomic E-state index is 12.4. The van der Waals surface area contributed by atoms with Crippen molar-refractivity contribution in [2.75, 3.05) is 13.7 Å². The Kier molecular flexibility index (Phi) is 4.34. The average molecular weight is 470 g/mol. The summed E-state index contributed by atoms with van der Waals surface area (Å²) in [6.07, 6.45) is -2.70. The molecule has 0 aromatic heterocycles. The quantitative estimate of drug-likeness (QED) is 0.373. The van der Waals surface area contributed by atoms with Gasteiger partial charge in [-0.15, -0.1) is 0 Å². The van der Waals surface area contributed by atoms with Gasteiger partial charge in [0, 0.05) is 18.0 Å². The molecule has 8 nitrogen and oxygen atoms in total. The van der Waals surface area contributed by atoms with E-state index in [9.17, 15) is 25.2 Å². The van der Waals surface area contributed by atoms with Gasteiger partial charge in [0.2, 0.25) is 11.4 Å². The Morgan fingerprint density at radius 3 is 2.67 bits per heavy atom. The summed E-state index contributed by atoms with van der Waals surface area (Å²) in [6.45, 7) is -0.217. The third-order valence-electron chi connectivity index (χ3n) is 4.38. The summed E-state index contributed by atoms with van der Waals surface area (Å²) < 4.78 is 16.2. The predicted octanol–water partition coefficient (Wildman–Crippen LogP) is 0.556. The summed E-state index contributed by atoms with van der Waals surface area (Å²) >= 11 is 6.37. The number of aliphatic hydroxyl groups excluding tert-OH is 1. The molecule has 0 saturated carbocycles. The normalized spacial score (nSPS) is 35.1. The highest BCUT2D eigenvalue weighted by atomic mass is 79.9. The molecule has 0 unspecified atom stereocenters. The van der Waals surface area contributed by atoms with Crippen LogP contribution < -0.4 is 0 Å². The van der Waals surface area contributed by atoms with Gasteiger partial charge in [-0.3, -0.25) is 0 Å². The van der Waals surface area contributed by atoms with Crippen LogP contribution in [0.3, 0.4) is 0 Å². The summed E-state index contributed by atoms with van der Waals surface area (Å²) in [5, 5.41) is 40.2. The summed E-state index contributed by atoms with van der Waals surface area (Å²) in [6, 6.07) is 1.22. The smallest absolute Gasteiger partial charge is 0.345 e. The molecular weight excluding hydrogens is 456 g/mol. The SMILES string of the molecule is CO[C@]1(Cc2cc(O)c(O)c(Br)c2Br)C(=O)O[C@@H]2[C@@H](O)CO[C@@]21O. The number of methoxy groups -OCH3 is 1. The van der Waals surface area contributed by atoms with Crippen molar-refractivity contribution in [2.24, 2.45) is 0 Å². The van der Waals surface area contributed by atoms with Crippen molar-refractivity contribution in [3.05, 3.63) is 20.6 Å². The summed E-state index contributed by atoms with van der Waals surface area (Å²) in [5.74, 6) is -3.88. The van der Waals surface area contributed by atoms with E-state index in [0.29, 0.717) is 10.0 Å². The second-order valence-corrected chi connectivity index (χ2v) is 7.23. The number of fused-ring (bicyclic) bond motifs is 1. The number of rotatable bonds is 3. The van der Waals surface area contributed by atoms with Crippen LogP contribution in [0.4, 0.5) is 0 Å². The maximum atomic E-state index is 12.4. The van der Waals surface area contributed by atoms with Gasteiger partial charge in [-0.05, 0) is 43.5 Å². The highest BCUT2D eigenvalue weighted by Crippen LogP contribution is 2.49. The molecule has 1 aromatic rings. The number of carbonyl (C=O) groups is 1. The zero-order valence-electron chi connectivity index (χ0n) is 12.3. The Labute approximate surface area is 153 Å². The number of esters is 1. The van der Waals surface area contributed by atoms with E-state index < -0.39 is 35.3 Å². The first kappa shape index (κ1) is 17.9. The first-order valence-electron chi connectivity index (χ1n) is 6.87. The topological polar surface area (TPSA) is 126 Å². The van der Waals surface area contributed by atoms with Gasteiger partial charge in [-0.1, -0.05) is 0 Å². The Morgan fingerprint density at radius 2 is 2.04 bits per heavy atom. The summed E-state index contributed by atoms with van der Waals surface area (Å²) in [4.78, 5) is 12.4. The van der Waals surface area contributed by atoms with Crippen molar-refractivity contribution >= 4 is 37.8 Å². The van der Waals surface area contributed by atoms with Crippen molar-refractivity contribution in [1.29, 1.82) is 0 Å². The highest BCUT2D eigenvalue weighted by molar-refractivity contribution is 9.13. The minimum atomic E-state index is -2.18. The summed E-state index contributed by atoms with van der Waals surface area (Å²) in [7, 11) is 1.21. The molecule has 10 heteroatoms. The number of halogens is 2. The maximum Gasteiger partial charge on any atom is 0.345 e. The fourth-order valence-electron chi connectivity index (χ4n) is 3.06. The molecule has 24 heavy (non-hydrogen) atoms. The molecule has 0 bridgehead atoms. The predicted molar refractivity (Wildman–Crippen MR) is 85.4 cm³/mol. The van der Waals surface area contributed by atoms with Gasteiger partial charge >= 0.3 is 5.97 Å². The molecule has 1 aromatic carbocycles. The number of phenols is 2. The molecule has 0 spiro atoms. The zero-order chi connectivity index (χ0) is 17.9. The first-order valence-corrected chi connectivity index (χ1v) is 8.46. The lowest BCUT2D eigenvalue weighted by Gasteiger charge is -2.35. The third-order valence-corrected chi connectivity index (χ3v) is 6.59. The standard InChI is InChI=1S/C14H14Br2O8/c1-22-13(3-5-2-6(17)10(19)9(16)8(5)15)12(20)24-11-7(18)4-23-14(11,13)21/h2,7,11,17-19,21H,3-4H2,1H3/t7-,11+,13+,14-/m0/s1. The number of aliphatic hydroxyl groups is 2. The second-order valence-electron chi connectivity index (χ2n) is 5.64. The van der Waals surface area contributed by atoms with Crippen LogP contribution in [0.5, 0.6) is 11.5 Å². The zero-order valence-corrected chi connectivity index (χ0v) is 15.5. The van der Waals surface area contributed by atoms with E-state index in [1.165, 1.54) is 13.2 Å². The van der Waals surface area contributed by atoms with E-state index in [4.69, 9.17) is 14.2 Å². The first-order chi connectivity index (χ1) is 11.2. The lowest BCUT2D eigenvalue weighted by Crippen LogP contribution is -2.60. The van der Waals surface area contributed by atoms with Gasteiger partial charge in [0.05, 0.1) is 11.1 Å². The van der Waals surface area contributed by atoms with Crippen LogP contribution in [0.2, 0.25) is 0 Å². The number of phenolic OH excluding ortho intramolecular Hbond substituents is 2. The average Bonchev–Trinajstić information content (AvgIpc) is 2.95. The van der Waals surface area contributed by atoms with Crippen LogP contribution in [-0.4, -0.2) is 63.7 Å². The Hall–Kier alpha value is -0.910. The van der Waals surface area contributed by atoms with Gasteiger partial charge in [-0.2, -0.15) is 0 Å². The molecule has 2 fully saturated rings. The minimum absolute atomic E-state index is 0.172. The molecule has 2 aliphatic rings. The van der Waals surface area contributed by atoms with Crippen LogP contribution in [0, 0.1) is 0 Å². The van der Waals surface area contributed by atoms with Crippen molar-refractivity contribution < 1.29 is 39.4 Å². The van der Waals surface area contributed by atoms with E-state index in [1.54, 1.807) is 0 Å². The number of ether oxygens (including phenoxy) is 3. The van der Waals surface area contributed by atoms with Crippen LogP contribution >= 0.6 is 31.9 Å². The molecule has 0 amide bonds. The number of hydrogen-bond donors (Lipinski definition) is 4. The Bertz CT molecular complexity index is 711. The molecule has 4 atom stereocenters. The number of carbonyl (C=O) groups excluding carboxylic acids is 1. The van der Waals surface area contributed by atoms with Gasteiger partial charge in [0.25, 0.3) is 0 Å². The van der Waals surface area contributed by atoms with Crippen molar-refractivity contribution in [3.63, 3.8) is 0 Å². The Balaban J connectivity index is 2.09. The lowest BCUT2D eigenvalue weighted by atomic mass is 9.85. The molecular formula is C14H14Br2O8. The monoisotopic (exact) mass is 468 g/mol. The van der Waals surface area contributed by atoms with Crippen molar-refractivity contribution in [2.45, 2.75) is 30.0 Å². The van der Waals surface area contributed by atoms with E-state index in [0.717, 1.165) is 0 Å². The molecule has 2 aliphatic heterocycles. The molecule has 0 aliphatic carbocycles. The largest absolute Gasteiger partial charge is 0.504 e. The molecule has 2 saturated heterocycles. The van der Waals surface area contributed by atoms with Crippen LogP contribution in [-0.2, 0) is 25.4 Å². The number of hydrogen-bond acceptors (Lipinski definition) is 8. The fourth-order valence-corrected chi connectivity index (χ4v) is 3.96. The van der Waals surface area contributed by atoms with Gasteiger partial charge < -0.3 is 34.6 Å². The molecule has 4 N–H and O–H groups in total. The summed E-state index contributed by atoms with van der Waals surface area (Å²) in [5.41, 5.74) is -1.60. The molecule has 0 radical (unpaired) electrons. The van der Waals surface area contributed by atoms with Crippen molar-refractivity contribution in [1.82, 2.24) is 0 Å². The second kappa shape index (κ2) is 5.82. The van der Waals surface area contributed by atoms with Gasteiger partial charge in [0.1, 0.15) is 6.10 Å². The Morgan fingerprint density at radius 1 is 1.38 bits per heavy atom. The molecule has 3 rings (SSSR count). The van der Waals surface area contributed by atoms with Crippen LogP contribution in [0.25, 0.3) is 0 Å². The molecule has 2 heterocycles. The molecule has 132 valence electrons. The van der Waals surface area contributed by atoms with Gasteiger partial charge in [0.15, 0.2) is 17.6 Å². The van der Waals surface area contributed by atoms with Crippen LogP contribution in [0.1, 0.15) is 5.56 Å². The lowest BCUT2D eigenvalue weighted by molar-refractivity contribution is -0.269. The fraction of sp³-hybridized carbons (Fsp3) is 0.500. The number of benzene rings is 1. The van der Waals surface area contributed by atoms with E-state index in [2.05, 4.69) is 31.9 Å².